The van der Waals surface area contributed by atoms with Gasteiger partial charge in [0.2, 0.25) is 0 Å². The summed E-state index contributed by atoms with van der Waals surface area (Å²) in [4.78, 5) is 50.5. The average molecular weight is 608 g/mol. The lowest BCUT2D eigenvalue weighted by Crippen LogP contribution is -2.44. The van der Waals surface area contributed by atoms with Gasteiger partial charge in [-0.3, -0.25) is 14.4 Å². The second-order valence-corrected chi connectivity index (χ2v) is 13.9. The maximum absolute atomic E-state index is 13.0. The van der Waals surface area contributed by atoms with Crippen molar-refractivity contribution >= 4 is 35.5 Å². The van der Waals surface area contributed by atoms with Crippen LogP contribution in [0.3, 0.4) is 0 Å². The van der Waals surface area contributed by atoms with Gasteiger partial charge in [0.1, 0.15) is 17.5 Å². The molecule has 2 amide bonds. The minimum absolute atomic E-state index is 0.0462. The fraction of sp³-hybridized carbons (Fsp3) is 0.688. The van der Waals surface area contributed by atoms with Crippen molar-refractivity contribution in [1.82, 2.24) is 10.6 Å². The van der Waals surface area contributed by atoms with E-state index < -0.39 is 23.2 Å². The number of Topliss-reactive ketones (excluding diaryl/α,β-unsaturated/α-hetero) is 1. The van der Waals surface area contributed by atoms with Crippen LogP contribution in [0.1, 0.15) is 98.4 Å². The second-order valence-electron chi connectivity index (χ2n) is 12.8. The highest BCUT2D eigenvalue weighted by molar-refractivity contribution is 8.00. The number of ketones is 1. The zero-order valence-corrected chi connectivity index (χ0v) is 27.9. The average Bonchev–Trinajstić information content (AvgIpc) is 2.90. The number of carbonyl (C=O) groups excluding carboxylic acids is 4. The Morgan fingerprint density at radius 3 is 2.10 bits per heavy atom. The van der Waals surface area contributed by atoms with Crippen LogP contribution in [0.15, 0.2) is 29.2 Å². The Morgan fingerprint density at radius 2 is 1.57 bits per heavy atom. The predicted octanol–water partition coefficient (Wildman–Crippen LogP) is 5.74. The summed E-state index contributed by atoms with van der Waals surface area (Å²) in [6.45, 7) is 18.5. The number of amides is 2. The first-order valence-corrected chi connectivity index (χ1v) is 15.8. The summed E-state index contributed by atoms with van der Waals surface area (Å²) in [7, 11) is 0. The van der Waals surface area contributed by atoms with Crippen LogP contribution >= 0.6 is 11.8 Å². The summed E-state index contributed by atoms with van der Waals surface area (Å²) in [5.41, 5.74) is 4.77. The number of esters is 1. The molecule has 0 aliphatic heterocycles. The maximum atomic E-state index is 13.0. The summed E-state index contributed by atoms with van der Waals surface area (Å²) in [5, 5.41) is 5.49. The fourth-order valence-corrected chi connectivity index (χ4v) is 5.07. The Balaban J connectivity index is 2.68. The highest BCUT2D eigenvalue weighted by atomic mass is 32.2. The standard InChI is InChI=1S/C32H53N3O6S/c1-10-22(2)31(7,8)26(20-32(9,16-17-33)23(3)36)40-27(37)21-42-25-14-12-24(13-15-25)28(38)34-18-11-19-35-29(39)41-30(4,5)6/h12-15,22,26H,10-11,16-21,33H2,1-9H3,(H,34,38)(H,35,39)/t22-,26-,32+/m1/s1. The van der Waals surface area contributed by atoms with Gasteiger partial charge in [-0.05, 0) is 83.7 Å². The van der Waals surface area contributed by atoms with Crippen molar-refractivity contribution in [3.05, 3.63) is 29.8 Å². The molecule has 0 bridgehead atoms. The molecule has 1 aromatic rings. The molecule has 9 nitrogen and oxygen atoms in total. The van der Waals surface area contributed by atoms with Crippen LogP contribution in [0.2, 0.25) is 0 Å². The lowest BCUT2D eigenvalue weighted by Gasteiger charge is -2.42. The van der Waals surface area contributed by atoms with Crippen molar-refractivity contribution in [3.63, 3.8) is 0 Å². The van der Waals surface area contributed by atoms with Crippen LogP contribution in [-0.4, -0.2) is 60.8 Å². The monoisotopic (exact) mass is 607 g/mol. The summed E-state index contributed by atoms with van der Waals surface area (Å²) in [6, 6.07) is 7.01. The van der Waals surface area contributed by atoms with Crippen LogP contribution in [-0.2, 0) is 19.1 Å². The summed E-state index contributed by atoms with van der Waals surface area (Å²) in [5.74, 6) is -0.134. The molecule has 0 aliphatic carbocycles. The second kappa shape index (κ2) is 16.9. The third-order valence-corrected chi connectivity index (χ3v) is 8.93. The van der Waals surface area contributed by atoms with Gasteiger partial charge in [0, 0.05) is 34.4 Å². The molecule has 0 aliphatic rings. The number of hydrogen-bond donors (Lipinski definition) is 3. The molecule has 0 radical (unpaired) electrons. The van der Waals surface area contributed by atoms with Gasteiger partial charge in [-0.2, -0.15) is 0 Å². The number of carbonyl (C=O) groups is 4. The maximum Gasteiger partial charge on any atom is 0.407 e. The predicted molar refractivity (Wildman–Crippen MR) is 169 cm³/mol. The number of rotatable bonds is 17. The van der Waals surface area contributed by atoms with Gasteiger partial charge in [0.15, 0.2) is 0 Å². The molecule has 4 N–H and O–H groups in total. The van der Waals surface area contributed by atoms with E-state index in [0.29, 0.717) is 44.5 Å². The minimum atomic E-state index is -0.664. The Bertz CT molecular complexity index is 1040. The molecule has 0 heterocycles. The third-order valence-electron chi connectivity index (χ3n) is 7.95. The topological polar surface area (TPSA) is 137 Å². The van der Waals surface area contributed by atoms with E-state index in [1.54, 1.807) is 52.0 Å². The minimum Gasteiger partial charge on any atom is -0.461 e. The molecule has 0 saturated heterocycles. The number of alkyl carbamates (subject to hydrolysis) is 1. The van der Waals surface area contributed by atoms with Crippen LogP contribution in [0.25, 0.3) is 0 Å². The van der Waals surface area contributed by atoms with E-state index in [1.807, 2.05) is 6.92 Å². The van der Waals surface area contributed by atoms with Crippen molar-refractivity contribution in [2.75, 3.05) is 25.4 Å². The third kappa shape index (κ3) is 12.7. The van der Waals surface area contributed by atoms with Crippen molar-refractivity contribution in [3.8, 4) is 0 Å². The zero-order chi connectivity index (χ0) is 32.1. The zero-order valence-electron chi connectivity index (χ0n) is 27.1. The Labute approximate surface area is 256 Å². The largest absolute Gasteiger partial charge is 0.461 e. The number of ether oxygens (including phenoxy) is 2. The van der Waals surface area contributed by atoms with Crippen molar-refractivity contribution in [2.24, 2.45) is 22.5 Å². The van der Waals surface area contributed by atoms with Crippen LogP contribution in [0, 0.1) is 16.7 Å². The highest BCUT2D eigenvalue weighted by Gasteiger charge is 2.43. The van der Waals surface area contributed by atoms with Gasteiger partial charge in [-0.1, -0.05) is 41.0 Å². The number of nitrogens with one attached hydrogen (secondary N) is 2. The van der Waals surface area contributed by atoms with Crippen LogP contribution < -0.4 is 16.4 Å². The fourth-order valence-electron chi connectivity index (χ4n) is 4.38. The van der Waals surface area contributed by atoms with Gasteiger partial charge in [-0.25, -0.2) is 4.79 Å². The molecule has 0 unspecified atom stereocenters. The SMILES string of the molecule is CC[C@@H](C)C(C)(C)[C@@H](C[C@](C)(CCN)C(C)=O)OC(=O)CSc1ccc(C(=O)NCCCNC(=O)OC(C)(C)C)cc1. The molecule has 1 rings (SSSR count). The van der Waals surface area contributed by atoms with Crippen LogP contribution in [0.4, 0.5) is 4.79 Å². The lowest BCUT2D eigenvalue weighted by molar-refractivity contribution is -0.159. The van der Waals surface area contributed by atoms with Crippen molar-refractivity contribution in [1.29, 1.82) is 0 Å². The molecule has 0 fully saturated rings. The quantitative estimate of drug-likeness (QED) is 0.116. The van der Waals surface area contributed by atoms with Gasteiger partial charge >= 0.3 is 12.1 Å². The molecule has 42 heavy (non-hydrogen) atoms. The van der Waals surface area contributed by atoms with Crippen molar-refractivity contribution in [2.45, 2.75) is 105 Å². The molecular weight excluding hydrogens is 554 g/mol. The molecular formula is C32H53N3O6S. The van der Waals surface area contributed by atoms with Gasteiger partial charge in [-0.15, -0.1) is 11.8 Å². The summed E-state index contributed by atoms with van der Waals surface area (Å²) in [6.07, 6.45) is 1.52. The lowest BCUT2D eigenvalue weighted by atomic mass is 9.67. The normalized spacial score (nSPS) is 14.7. The van der Waals surface area contributed by atoms with E-state index in [0.717, 1.165) is 11.3 Å². The smallest absolute Gasteiger partial charge is 0.407 e. The summed E-state index contributed by atoms with van der Waals surface area (Å²) < 4.78 is 11.2. The van der Waals surface area contributed by atoms with Gasteiger partial charge in [0.25, 0.3) is 5.91 Å². The number of hydrogen-bond acceptors (Lipinski definition) is 8. The Morgan fingerprint density at radius 1 is 0.976 bits per heavy atom. The highest BCUT2D eigenvalue weighted by Crippen LogP contribution is 2.42. The van der Waals surface area contributed by atoms with Gasteiger partial charge in [0.05, 0.1) is 5.75 Å². The van der Waals surface area contributed by atoms with Crippen LogP contribution in [0.5, 0.6) is 0 Å². The van der Waals surface area contributed by atoms with Crippen molar-refractivity contribution < 1.29 is 28.7 Å². The Hall–Kier alpha value is -2.59. The van der Waals surface area contributed by atoms with E-state index in [2.05, 4.69) is 38.3 Å². The van der Waals surface area contributed by atoms with E-state index in [4.69, 9.17) is 15.2 Å². The van der Waals surface area contributed by atoms with E-state index in [9.17, 15) is 19.2 Å². The summed E-state index contributed by atoms with van der Waals surface area (Å²) >= 11 is 1.34. The number of benzene rings is 1. The van der Waals surface area contributed by atoms with E-state index in [1.165, 1.54) is 11.8 Å². The Kier molecular flexibility index (Phi) is 15.1. The first kappa shape index (κ1) is 37.4. The first-order chi connectivity index (χ1) is 19.4. The first-order valence-electron chi connectivity index (χ1n) is 14.8. The molecule has 0 saturated carbocycles. The molecule has 0 spiro atoms. The number of nitrogens with two attached hydrogens (primary N) is 1. The molecule has 0 aromatic heterocycles. The van der Waals surface area contributed by atoms with E-state index >= 15 is 0 Å². The number of thioether (sulfide) groups is 1. The van der Waals surface area contributed by atoms with E-state index in [-0.39, 0.29) is 34.7 Å². The van der Waals surface area contributed by atoms with Gasteiger partial charge < -0.3 is 25.8 Å². The molecule has 238 valence electrons. The molecule has 3 atom stereocenters. The molecule has 10 heteroatoms. The molecule has 1 aromatic carbocycles.